The lowest BCUT2D eigenvalue weighted by atomic mass is 10.1. The highest BCUT2D eigenvalue weighted by Gasteiger charge is 1.99. The smallest absolute Gasteiger partial charge is 0.148 e. The Morgan fingerprint density at radius 1 is 1.57 bits per heavy atom. The van der Waals surface area contributed by atoms with Crippen LogP contribution in [0.1, 0.15) is 19.8 Å². The number of alkyl halides is 1. The summed E-state index contributed by atoms with van der Waals surface area (Å²) in [7, 11) is 0. The van der Waals surface area contributed by atoms with Crippen LogP contribution < -0.4 is 5.32 Å². The Balaban J connectivity index is 2.10. The number of aromatic nitrogens is 2. The van der Waals surface area contributed by atoms with E-state index in [0.717, 1.165) is 31.1 Å². The topological polar surface area (TPSA) is 37.8 Å². The zero-order chi connectivity index (χ0) is 10.2. The minimum Gasteiger partial charge on any atom is -0.369 e. The number of hydrogen-bond acceptors (Lipinski definition) is 3. The van der Waals surface area contributed by atoms with Gasteiger partial charge >= 0.3 is 0 Å². The first kappa shape index (κ1) is 11.2. The van der Waals surface area contributed by atoms with E-state index in [1.165, 1.54) is 0 Å². The molecular formula is C10H16ClN3. The Kier molecular flexibility index (Phi) is 5.30. The predicted molar refractivity (Wildman–Crippen MR) is 59.6 cm³/mol. The quantitative estimate of drug-likeness (QED) is 0.583. The van der Waals surface area contributed by atoms with Crippen LogP contribution in [0, 0.1) is 5.92 Å². The van der Waals surface area contributed by atoms with Crippen LogP contribution in [0.4, 0.5) is 5.82 Å². The minimum absolute atomic E-state index is 0.598. The third-order valence-corrected chi connectivity index (χ3v) is 2.54. The third kappa shape index (κ3) is 4.42. The van der Waals surface area contributed by atoms with Crippen molar-refractivity contribution in [3.63, 3.8) is 0 Å². The van der Waals surface area contributed by atoms with Gasteiger partial charge in [0.05, 0.1) is 0 Å². The van der Waals surface area contributed by atoms with Crippen LogP contribution in [0.3, 0.4) is 0 Å². The molecule has 1 unspecified atom stereocenters. The Morgan fingerprint density at radius 3 is 3.07 bits per heavy atom. The number of halogens is 1. The van der Waals surface area contributed by atoms with E-state index >= 15 is 0 Å². The van der Waals surface area contributed by atoms with E-state index in [1.807, 2.05) is 12.1 Å². The van der Waals surface area contributed by atoms with Crippen molar-refractivity contribution in [2.24, 2.45) is 5.92 Å². The molecule has 0 aromatic carbocycles. The van der Waals surface area contributed by atoms with Gasteiger partial charge in [0.25, 0.3) is 0 Å². The maximum atomic E-state index is 5.71. The van der Waals surface area contributed by atoms with Gasteiger partial charge in [-0.25, -0.2) is 0 Å². The summed E-state index contributed by atoms with van der Waals surface area (Å²) in [5.74, 6) is 2.18. The largest absolute Gasteiger partial charge is 0.369 e. The molecule has 0 aliphatic rings. The summed E-state index contributed by atoms with van der Waals surface area (Å²) in [6.07, 6.45) is 3.93. The van der Waals surface area contributed by atoms with E-state index in [-0.39, 0.29) is 0 Å². The van der Waals surface area contributed by atoms with Crippen LogP contribution in [-0.2, 0) is 0 Å². The maximum Gasteiger partial charge on any atom is 0.148 e. The molecule has 1 heterocycles. The molecule has 0 bridgehead atoms. The molecule has 0 aliphatic carbocycles. The van der Waals surface area contributed by atoms with Crippen LogP contribution in [0.15, 0.2) is 18.3 Å². The molecule has 1 rings (SSSR count). The normalized spacial score (nSPS) is 12.4. The van der Waals surface area contributed by atoms with Crippen LogP contribution in [0.2, 0.25) is 0 Å². The molecule has 0 spiro atoms. The molecule has 14 heavy (non-hydrogen) atoms. The van der Waals surface area contributed by atoms with Gasteiger partial charge in [0.15, 0.2) is 0 Å². The van der Waals surface area contributed by atoms with Crippen molar-refractivity contribution in [3.05, 3.63) is 18.3 Å². The molecule has 1 N–H and O–H groups in total. The second-order valence-electron chi connectivity index (χ2n) is 3.44. The van der Waals surface area contributed by atoms with Gasteiger partial charge in [-0.05, 0) is 30.9 Å². The molecule has 0 radical (unpaired) electrons. The number of rotatable bonds is 6. The lowest BCUT2D eigenvalue weighted by Gasteiger charge is -2.07. The lowest BCUT2D eigenvalue weighted by molar-refractivity contribution is 0.572. The van der Waals surface area contributed by atoms with Crippen molar-refractivity contribution in [2.45, 2.75) is 19.8 Å². The molecule has 0 amide bonds. The van der Waals surface area contributed by atoms with E-state index < -0.39 is 0 Å². The fraction of sp³-hybridized carbons (Fsp3) is 0.600. The molecule has 1 aromatic heterocycles. The molecule has 1 atom stereocenters. The Hall–Kier alpha value is -0.830. The molecule has 1 aromatic rings. The molecular weight excluding hydrogens is 198 g/mol. The molecule has 3 nitrogen and oxygen atoms in total. The summed E-state index contributed by atoms with van der Waals surface area (Å²) in [5, 5.41) is 10.9. The Labute approximate surface area is 89.9 Å². The van der Waals surface area contributed by atoms with Crippen LogP contribution in [-0.4, -0.2) is 22.6 Å². The molecule has 0 aliphatic heterocycles. The van der Waals surface area contributed by atoms with Crippen LogP contribution in [0.5, 0.6) is 0 Å². The molecule has 4 heteroatoms. The van der Waals surface area contributed by atoms with Crippen molar-refractivity contribution in [1.29, 1.82) is 0 Å². The van der Waals surface area contributed by atoms with Gasteiger partial charge in [-0.1, -0.05) is 6.92 Å². The van der Waals surface area contributed by atoms with Gasteiger partial charge in [-0.3, -0.25) is 0 Å². The highest BCUT2D eigenvalue weighted by atomic mass is 35.5. The summed E-state index contributed by atoms with van der Waals surface area (Å²) in [6.45, 7) is 3.09. The highest BCUT2D eigenvalue weighted by Crippen LogP contribution is 2.07. The van der Waals surface area contributed by atoms with Crippen molar-refractivity contribution < 1.29 is 0 Å². The minimum atomic E-state index is 0.598. The van der Waals surface area contributed by atoms with E-state index in [2.05, 4.69) is 22.4 Å². The van der Waals surface area contributed by atoms with Gasteiger partial charge in [-0.2, -0.15) is 5.10 Å². The van der Waals surface area contributed by atoms with E-state index in [0.29, 0.717) is 5.92 Å². The molecule has 0 saturated heterocycles. The number of nitrogens with zero attached hydrogens (tertiary/aromatic N) is 2. The first-order chi connectivity index (χ1) is 6.83. The molecule has 78 valence electrons. The fourth-order valence-corrected chi connectivity index (χ4v) is 1.29. The van der Waals surface area contributed by atoms with Crippen molar-refractivity contribution in [3.8, 4) is 0 Å². The predicted octanol–water partition coefficient (Wildman–Crippen LogP) is 2.54. The number of anilines is 1. The summed E-state index contributed by atoms with van der Waals surface area (Å²) in [4.78, 5) is 0. The maximum absolute atomic E-state index is 5.71. The van der Waals surface area contributed by atoms with Crippen molar-refractivity contribution in [1.82, 2.24) is 10.2 Å². The van der Waals surface area contributed by atoms with Crippen LogP contribution >= 0.6 is 11.6 Å². The Morgan fingerprint density at radius 2 is 2.43 bits per heavy atom. The van der Waals surface area contributed by atoms with Crippen LogP contribution in [0.25, 0.3) is 0 Å². The zero-order valence-electron chi connectivity index (χ0n) is 8.41. The van der Waals surface area contributed by atoms with Gasteiger partial charge in [0.1, 0.15) is 5.82 Å². The first-order valence-corrected chi connectivity index (χ1v) is 5.44. The Bertz CT molecular complexity index is 240. The highest BCUT2D eigenvalue weighted by molar-refractivity contribution is 6.18. The second kappa shape index (κ2) is 6.60. The standard InChI is InChI=1S/C10H16ClN3/c1-9(8-11)4-2-6-12-10-5-3-7-13-14-10/h3,5,7,9H,2,4,6,8H2,1H3,(H,12,14). The number of nitrogens with one attached hydrogen (secondary N) is 1. The summed E-state index contributed by atoms with van der Waals surface area (Å²) >= 11 is 5.71. The van der Waals surface area contributed by atoms with E-state index in [1.54, 1.807) is 6.20 Å². The lowest BCUT2D eigenvalue weighted by Crippen LogP contribution is -2.06. The average Bonchev–Trinajstić information content (AvgIpc) is 2.25. The van der Waals surface area contributed by atoms with Crippen molar-refractivity contribution in [2.75, 3.05) is 17.7 Å². The molecule has 0 saturated carbocycles. The van der Waals surface area contributed by atoms with Crippen molar-refractivity contribution >= 4 is 17.4 Å². The van der Waals surface area contributed by atoms with Gasteiger partial charge in [0.2, 0.25) is 0 Å². The summed E-state index contributed by atoms with van der Waals surface area (Å²) in [6, 6.07) is 3.79. The number of hydrogen-bond donors (Lipinski definition) is 1. The summed E-state index contributed by atoms with van der Waals surface area (Å²) in [5.41, 5.74) is 0. The fourth-order valence-electron chi connectivity index (χ4n) is 1.14. The molecule has 0 fully saturated rings. The van der Waals surface area contributed by atoms with E-state index in [4.69, 9.17) is 11.6 Å². The first-order valence-electron chi connectivity index (χ1n) is 4.90. The summed E-state index contributed by atoms with van der Waals surface area (Å²) < 4.78 is 0. The van der Waals surface area contributed by atoms with E-state index in [9.17, 15) is 0 Å². The van der Waals surface area contributed by atoms with Gasteiger partial charge < -0.3 is 5.32 Å². The average molecular weight is 214 g/mol. The van der Waals surface area contributed by atoms with Gasteiger partial charge in [-0.15, -0.1) is 16.7 Å². The second-order valence-corrected chi connectivity index (χ2v) is 3.75. The zero-order valence-corrected chi connectivity index (χ0v) is 9.17. The van der Waals surface area contributed by atoms with Gasteiger partial charge in [0, 0.05) is 18.6 Å². The third-order valence-electron chi connectivity index (χ3n) is 2.02. The SMILES string of the molecule is CC(CCl)CCCNc1cccnn1. The monoisotopic (exact) mass is 213 g/mol.